The van der Waals surface area contributed by atoms with Crippen molar-refractivity contribution in [2.24, 2.45) is 5.92 Å². The van der Waals surface area contributed by atoms with E-state index >= 15 is 0 Å². The molecule has 1 aromatic heterocycles. The summed E-state index contributed by atoms with van der Waals surface area (Å²) < 4.78 is 39.7. The number of halogens is 3. The standard InChI is InChI=1S/C13H14F3N/c1-9(2)8-17-6-5-10-3-4-11(7-12(10)17)13(14,15)16/h3-7,9H,8H2,1-2H3. The van der Waals surface area contributed by atoms with Crippen LogP contribution in [0.25, 0.3) is 10.9 Å². The van der Waals surface area contributed by atoms with Gasteiger partial charge in [-0.2, -0.15) is 13.2 Å². The molecular weight excluding hydrogens is 227 g/mol. The summed E-state index contributed by atoms with van der Waals surface area (Å²) in [6, 6.07) is 5.71. The van der Waals surface area contributed by atoms with Gasteiger partial charge in [-0.3, -0.25) is 0 Å². The highest BCUT2D eigenvalue weighted by atomic mass is 19.4. The predicted octanol–water partition coefficient (Wildman–Crippen LogP) is 4.32. The molecule has 0 atom stereocenters. The number of hydrogen-bond acceptors (Lipinski definition) is 0. The Bertz CT molecular complexity index is 523. The van der Waals surface area contributed by atoms with Crippen LogP contribution in [-0.2, 0) is 12.7 Å². The Balaban J connectivity index is 2.50. The third-order valence-corrected chi connectivity index (χ3v) is 2.66. The van der Waals surface area contributed by atoms with Crippen molar-refractivity contribution in [3.8, 4) is 0 Å². The summed E-state index contributed by atoms with van der Waals surface area (Å²) in [4.78, 5) is 0. The maximum absolute atomic E-state index is 12.6. The summed E-state index contributed by atoms with van der Waals surface area (Å²) in [5.41, 5.74) is 0.0576. The van der Waals surface area contributed by atoms with Crippen molar-refractivity contribution in [1.82, 2.24) is 4.57 Å². The van der Waals surface area contributed by atoms with E-state index in [0.717, 1.165) is 18.0 Å². The van der Waals surface area contributed by atoms with E-state index in [2.05, 4.69) is 0 Å². The fourth-order valence-corrected chi connectivity index (χ4v) is 1.91. The summed E-state index contributed by atoms with van der Waals surface area (Å²) >= 11 is 0. The normalized spacial score (nSPS) is 12.6. The molecule has 0 aliphatic carbocycles. The molecule has 0 spiro atoms. The quantitative estimate of drug-likeness (QED) is 0.738. The molecule has 4 heteroatoms. The molecule has 0 unspecified atom stereocenters. The summed E-state index contributed by atoms with van der Waals surface area (Å²) in [6.07, 6.45) is -2.44. The van der Waals surface area contributed by atoms with Crippen LogP contribution >= 0.6 is 0 Å². The number of aromatic nitrogens is 1. The van der Waals surface area contributed by atoms with Crippen LogP contribution in [0.3, 0.4) is 0 Å². The molecule has 92 valence electrons. The average Bonchev–Trinajstić information content (AvgIpc) is 2.59. The van der Waals surface area contributed by atoms with Gasteiger partial charge >= 0.3 is 6.18 Å². The fourth-order valence-electron chi connectivity index (χ4n) is 1.91. The molecule has 0 saturated heterocycles. The van der Waals surface area contributed by atoms with Crippen LogP contribution in [0, 0.1) is 5.92 Å². The van der Waals surface area contributed by atoms with E-state index < -0.39 is 11.7 Å². The van der Waals surface area contributed by atoms with Crippen LogP contribution in [0.4, 0.5) is 13.2 Å². The van der Waals surface area contributed by atoms with Crippen LogP contribution in [0.2, 0.25) is 0 Å². The molecule has 0 bridgehead atoms. The smallest absolute Gasteiger partial charge is 0.347 e. The van der Waals surface area contributed by atoms with Crippen LogP contribution in [0.5, 0.6) is 0 Å². The lowest BCUT2D eigenvalue weighted by Crippen LogP contribution is -2.06. The first-order valence-electron chi connectivity index (χ1n) is 5.54. The fraction of sp³-hybridized carbons (Fsp3) is 0.385. The van der Waals surface area contributed by atoms with Gasteiger partial charge in [-0.15, -0.1) is 0 Å². The SMILES string of the molecule is CC(C)Cn1ccc2ccc(C(F)(F)F)cc21. The molecule has 0 aliphatic heterocycles. The van der Waals surface area contributed by atoms with E-state index in [1.165, 1.54) is 12.1 Å². The lowest BCUT2D eigenvalue weighted by molar-refractivity contribution is -0.137. The summed E-state index contributed by atoms with van der Waals surface area (Å²) in [7, 11) is 0. The molecule has 0 fully saturated rings. The number of rotatable bonds is 2. The molecule has 2 rings (SSSR count). The van der Waals surface area contributed by atoms with Crippen molar-refractivity contribution in [1.29, 1.82) is 0 Å². The highest BCUT2D eigenvalue weighted by Gasteiger charge is 2.30. The minimum atomic E-state index is -4.28. The van der Waals surface area contributed by atoms with Gasteiger partial charge in [0.2, 0.25) is 0 Å². The summed E-state index contributed by atoms with van der Waals surface area (Å²) in [5, 5.41) is 0.846. The third kappa shape index (κ3) is 2.46. The third-order valence-electron chi connectivity index (χ3n) is 2.66. The molecule has 17 heavy (non-hydrogen) atoms. The number of fused-ring (bicyclic) bond motifs is 1. The Kier molecular flexibility index (Phi) is 2.89. The lowest BCUT2D eigenvalue weighted by atomic mass is 10.1. The molecular formula is C13H14F3N. The molecule has 0 saturated carbocycles. The van der Waals surface area contributed by atoms with Crippen LogP contribution in [0.15, 0.2) is 30.5 Å². The molecule has 0 amide bonds. The number of benzene rings is 1. The van der Waals surface area contributed by atoms with Crippen molar-refractivity contribution in [3.05, 3.63) is 36.0 Å². The number of nitrogens with zero attached hydrogens (tertiary/aromatic N) is 1. The predicted molar refractivity (Wildman–Crippen MR) is 61.8 cm³/mol. The van der Waals surface area contributed by atoms with Gasteiger partial charge in [0.05, 0.1) is 5.56 Å². The molecule has 2 aromatic rings. The summed E-state index contributed by atoms with van der Waals surface area (Å²) in [5.74, 6) is 0.403. The minimum Gasteiger partial charge on any atom is -0.347 e. The second kappa shape index (κ2) is 4.09. The second-order valence-corrected chi connectivity index (χ2v) is 4.63. The average molecular weight is 241 g/mol. The Morgan fingerprint density at radius 3 is 2.47 bits per heavy atom. The van der Waals surface area contributed by atoms with Gasteiger partial charge in [0, 0.05) is 18.3 Å². The van der Waals surface area contributed by atoms with Crippen molar-refractivity contribution in [2.75, 3.05) is 0 Å². The van der Waals surface area contributed by atoms with Crippen molar-refractivity contribution in [2.45, 2.75) is 26.6 Å². The Morgan fingerprint density at radius 2 is 1.88 bits per heavy atom. The van der Waals surface area contributed by atoms with E-state index in [1.807, 2.05) is 30.7 Å². The first-order chi connectivity index (χ1) is 7.88. The van der Waals surface area contributed by atoms with Crippen LogP contribution in [-0.4, -0.2) is 4.57 Å². The van der Waals surface area contributed by atoms with Gasteiger partial charge in [0.15, 0.2) is 0 Å². The molecule has 1 nitrogen and oxygen atoms in total. The maximum atomic E-state index is 12.6. The summed E-state index contributed by atoms with van der Waals surface area (Å²) in [6.45, 7) is 4.81. The van der Waals surface area contributed by atoms with Gasteiger partial charge in [-0.25, -0.2) is 0 Å². The zero-order chi connectivity index (χ0) is 12.6. The maximum Gasteiger partial charge on any atom is 0.416 e. The Hall–Kier alpha value is -1.45. The van der Waals surface area contributed by atoms with Gasteiger partial charge in [0.1, 0.15) is 0 Å². The Labute approximate surface area is 97.9 Å². The lowest BCUT2D eigenvalue weighted by Gasteiger charge is -2.10. The van der Waals surface area contributed by atoms with Gasteiger partial charge in [0.25, 0.3) is 0 Å². The first-order valence-corrected chi connectivity index (χ1v) is 5.54. The molecule has 0 radical (unpaired) electrons. The van der Waals surface area contributed by atoms with Crippen molar-refractivity contribution < 1.29 is 13.2 Å². The zero-order valence-electron chi connectivity index (χ0n) is 9.75. The van der Waals surface area contributed by atoms with Crippen molar-refractivity contribution in [3.63, 3.8) is 0 Å². The zero-order valence-corrected chi connectivity index (χ0v) is 9.75. The highest BCUT2D eigenvalue weighted by Crippen LogP contribution is 2.31. The number of hydrogen-bond donors (Lipinski definition) is 0. The topological polar surface area (TPSA) is 4.93 Å². The molecule has 1 heterocycles. The highest BCUT2D eigenvalue weighted by molar-refractivity contribution is 5.81. The largest absolute Gasteiger partial charge is 0.416 e. The van der Waals surface area contributed by atoms with E-state index in [1.54, 1.807) is 0 Å². The molecule has 0 aliphatic rings. The van der Waals surface area contributed by atoms with E-state index in [-0.39, 0.29) is 0 Å². The minimum absolute atomic E-state index is 0.403. The number of alkyl halides is 3. The second-order valence-electron chi connectivity index (χ2n) is 4.63. The van der Waals surface area contributed by atoms with E-state index in [0.29, 0.717) is 11.4 Å². The van der Waals surface area contributed by atoms with Crippen LogP contribution < -0.4 is 0 Å². The van der Waals surface area contributed by atoms with Crippen molar-refractivity contribution >= 4 is 10.9 Å². The first kappa shape index (κ1) is 12.0. The van der Waals surface area contributed by atoms with E-state index in [9.17, 15) is 13.2 Å². The molecule has 0 N–H and O–H groups in total. The monoisotopic (exact) mass is 241 g/mol. The molecule has 1 aromatic carbocycles. The van der Waals surface area contributed by atoms with Crippen LogP contribution in [0.1, 0.15) is 19.4 Å². The van der Waals surface area contributed by atoms with Gasteiger partial charge in [-0.05, 0) is 29.5 Å². The Morgan fingerprint density at radius 1 is 1.18 bits per heavy atom. The van der Waals surface area contributed by atoms with Gasteiger partial charge in [-0.1, -0.05) is 19.9 Å². The van der Waals surface area contributed by atoms with Gasteiger partial charge < -0.3 is 4.57 Å². The van der Waals surface area contributed by atoms with E-state index in [4.69, 9.17) is 0 Å².